The fourth-order valence-electron chi connectivity index (χ4n) is 2.08. The third-order valence-corrected chi connectivity index (χ3v) is 3.42. The molecule has 0 bridgehead atoms. The summed E-state index contributed by atoms with van der Waals surface area (Å²) in [5, 5.41) is 4.91. The van der Waals surface area contributed by atoms with E-state index in [4.69, 9.17) is 4.42 Å². The summed E-state index contributed by atoms with van der Waals surface area (Å²) in [6.45, 7) is 1.95. The van der Waals surface area contributed by atoms with Crippen LogP contribution in [0.4, 0.5) is 0 Å². The van der Waals surface area contributed by atoms with Gasteiger partial charge in [0.15, 0.2) is 5.76 Å². The smallest absolute Gasteiger partial charge is 0.231 e. The molecule has 0 aliphatic heterocycles. The molecule has 0 spiro atoms. The van der Waals surface area contributed by atoms with E-state index in [9.17, 15) is 4.79 Å². The van der Waals surface area contributed by atoms with Crippen molar-refractivity contribution in [3.8, 4) is 0 Å². The third kappa shape index (κ3) is 2.10. The van der Waals surface area contributed by atoms with E-state index >= 15 is 0 Å². The zero-order valence-electron chi connectivity index (χ0n) is 10.5. The number of hydrogen-bond acceptors (Lipinski definition) is 3. The molecule has 0 saturated heterocycles. The SMILES string of the molecule is Cc1cc(Br)cc2cc(C(=O)c3cnn(C)c3)oc12. The third-order valence-electron chi connectivity index (χ3n) is 2.96. The second-order valence-electron chi connectivity index (χ2n) is 4.48. The number of halogens is 1. The van der Waals surface area contributed by atoms with E-state index in [1.165, 1.54) is 6.20 Å². The lowest BCUT2D eigenvalue weighted by Crippen LogP contribution is -1.97. The summed E-state index contributed by atoms with van der Waals surface area (Å²) in [5.74, 6) is 0.184. The van der Waals surface area contributed by atoms with Crippen LogP contribution in [0.1, 0.15) is 21.7 Å². The number of carbonyl (C=O) groups is 1. The van der Waals surface area contributed by atoms with Crippen LogP contribution in [0.5, 0.6) is 0 Å². The van der Waals surface area contributed by atoms with Crippen molar-refractivity contribution >= 4 is 32.7 Å². The van der Waals surface area contributed by atoms with Gasteiger partial charge in [0, 0.05) is 23.1 Å². The van der Waals surface area contributed by atoms with Crippen LogP contribution < -0.4 is 0 Å². The molecule has 0 radical (unpaired) electrons. The first-order valence-electron chi connectivity index (χ1n) is 5.77. The van der Waals surface area contributed by atoms with Crippen LogP contribution in [0.25, 0.3) is 11.0 Å². The Morgan fingerprint density at radius 2 is 2.16 bits per heavy atom. The molecule has 0 N–H and O–H groups in total. The van der Waals surface area contributed by atoms with Gasteiger partial charge in [-0.2, -0.15) is 5.10 Å². The van der Waals surface area contributed by atoms with Gasteiger partial charge in [0.1, 0.15) is 5.58 Å². The largest absolute Gasteiger partial charge is 0.452 e. The van der Waals surface area contributed by atoms with Gasteiger partial charge in [-0.15, -0.1) is 0 Å². The molecule has 19 heavy (non-hydrogen) atoms. The molecule has 0 atom stereocenters. The summed E-state index contributed by atoms with van der Waals surface area (Å²) in [6, 6.07) is 5.67. The number of furan rings is 1. The topological polar surface area (TPSA) is 48.0 Å². The van der Waals surface area contributed by atoms with E-state index in [-0.39, 0.29) is 5.78 Å². The minimum atomic E-state index is -0.153. The Morgan fingerprint density at radius 3 is 2.84 bits per heavy atom. The number of aromatic nitrogens is 2. The highest BCUT2D eigenvalue weighted by molar-refractivity contribution is 9.10. The Bertz CT molecular complexity index is 786. The normalized spacial score (nSPS) is 11.1. The molecule has 2 heterocycles. The van der Waals surface area contributed by atoms with Gasteiger partial charge in [-0.1, -0.05) is 15.9 Å². The monoisotopic (exact) mass is 318 g/mol. The predicted molar refractivity (Wildman–Crippen MR) is 75.3 cm³/mol. The summed E-state index contributed by atoms with van der Waals surface area (Å²) >= 11 is 3.44. The Hall–Kier alpha value is -1.88. The number of benzene rings is 1. The minimum absolute atomic E-state index is 0.153. The highest BCUT2D eigenvalue weighted by Gasteiger charge is 2.17. The molecule has 96 valence electrons. The van der Waals surface area contributed by atoms with Gasteiger partial charge in [0.05, 0.1) is 11.8 Å². The Kier molecular flexibility index (Phi) is 2.78. The van der Waals surface area contributed by atoms with Crippen molar-refractivity contribution in [2.75, 3.05) is 0 Å². The fourth-order valence-corrected chi connectivity index (χ4v) is 2.67. The Labute approximate surface area is 118 Å². The van der Waals surface area contributed by atoms with Crippen molar-refractivity contribution in [1.29, 1.82) is 0 Å². The number of rotatable bonds is 2. The van der Waals surface area contributed by atoms with Gasteiger partial charge in [-0.3, -0.25) is 9.48 Å². The van der Waals surface area contributed by atoms with Gasteiger partial charge in [-0.05, 0) is 30.7 Å². The zero-order valence-corrected chi connectivity index (χ0v) is 12.1. The van der Waals surface area contributed by atoms with Gasteiger partial charge < -0.3 is 4.42 Å². The number of aryl methyl sites for hydroxylation is 2. The van der Waals surface area contributed by atoms with E-state index in [1.54, 1.807) is 24.0 Å². The van der Waals surface area contributed by atoms with Crippen LogP contribution in [0.2, 0.25) is 0 Å². The summed E-state index contributed by atoms with van der Waals surface area (Å²) < 4.78 is 8.24. The maximum absolute atomic E-state index is 12.3. The Balaban J connectivity index is 2.11. The first kappa shape index (κ1) is 12.2. The van der Waals surface area contributed by atoms with Gasteiger partial charge in [0.2, 0.25) is 5.78 Å². The van der Waals surface area contributed by atoms with Crippen LogP contribution in [-0.2, 0) is 7.05 Å². The minimum Gasteiger partial charge on any atom is -0.452 e. The summed E-state index contributed by atoms with van der Waals surface area (Å²) in [5.41, 5.74) is 2.27. The molecule has 3 rings (SSSR count). The number of carbonyl (C=O) groups excluding carboxylic acids is 1. The first-order valence-corrected chi connectivity index (χ1v) is 6.57. The van der Waals surface area contributed by atoms with Gasteiger partial charge in [0.25, 0.3) is 0 Å². The van der Waals surface area contributed by atoms with Crippen LogP contribution in [0, 0.1) is 6.92 Å². The Morgan fingerprint density at radius 1 is 1.37 bits per heavy atom. The van der Waals surface area contributed by atoms with E-state index < -0.39 is 0 Å². The second-order valence-corrected chi connectivity index (χ2v) is 5.40. The summed E-state index contributed by atoms with van der Waals surface area (Å²) in [7, 11) is 1.77. The van der Waals surface area contributed by atoms with E-state index in [2.05, 4.69) is 21.0 Å². The molecule has 0 aliphatic rings. The fraction of sp³-hybridized carbons (Fsp3) is 0.143. The summed E-state index contributed by atoms with van der Waals surface area (Å²) in [4.78, 5) is 12.3. The standard InChI is InChI=1S/C14H11BrN2O2/c1-8-3-11(15)4-9-5-12(19-14(8)9)13(18)10-6-16-17(2)7-10/h3-7H,1-2H3. The van der Waals surface area contributed by atoms with Crippen molar-refractivity contribution in [3.05, 3.63) is 52.0 Å². The van der Waals surface area contributed by atoms with Crippen molar-refractivity contribution in [2.45, 2.75) is 6.92 Å². The number of ketones is 1. The second kappa shape index (κ2) is 4.35. The van der Waals surface area contributed by atoms with E-state index in [0.717, 1.165) is 21.0 Å². The van der Waals surface area contributed by atoms with Gasteiger partial charge in [-0.25, -0.2) is 0 Å². The number of fused-ring (bicyclic) bond motifs is 1. The van der Waals surface area contributed by atoms with Crippen molar-refractivity contribution in [2.24, 2.45) is 7.05 Å². The van der Waals surface area contributed by atoms with Crippen molar-refractivity contribution in [1.82, 2.24) is 9.78 Å². The zero-order chi connectivity index (χ0) is 13.6. The van der Waals surface area contributed by atoms with Crippen molar-refractivity contribution in [3.63, 3.8) is 0 Å². The highest BCUT2D eigenvalue weighted by atomic mass is 79.9. The molecule has 0 fully saturated rings. The lowest BCUT2D eigenvalue weighted by molar-refractivity contribution is 0.101. The van der Waals surface area contributed by atoms with Crippen molar-refractivity contribution < 1.29 is 9.21 Å². The molecular weight excluding hydrogens is 308 g/mol. The molecule has 3 aromatic rings. The highest BCUT2D eigenvalue weighted by Crippen LogP contribution is 2.27. The van der Waals surface area contributed by atoms with Crippen LogP contribution >= 0.6 is 15.9 Å². The molecule has 2 aromatic heterocycles. The lowest BCUT2D eigenvalue weighted by atomic mass is 10.1. The maximum Gasteiger partial charge on any atom is 0.231 e. The molecule has 5 heteroatoms. The molecular formula is C14H11BrN2O2. The quantitative estimate of drug-likeness (QED) is 0.680. The first-order chi connectivity index (χ1) is 9.04. The molecule has 0 saturated carbocycles. The van der Waals surface area contributed by atoms with Crippen LogP contribution in [-0.4, -0.2) is 15.6 Å². The maximum atomic E-state index is 12.3. The molecule has 0 aliphatic carbocycles. The predicted octanol–water partition coefficient (Wildman–Crippen LogP) is 3.47. The summed E-state index contributed by atoms with van der Waals surface area (Å²) in [6.07, 6.45) is 3.22. The van der Waals surface area contributed by atoms with E-state index in [1.807, 2.05) is 19.1 Å². The molecule has 1 aromatic carbocycles. The average Bonchev–Trinajstić information content (AvgIpc) is 2.94. The van der Waals surface area contributed by atoms with E-state index in [0.29, 0.717) is 11.3 Å². The number of nitrogens with zero attached hydrogens (tertiary/aromatic N) is 2. The van der Waals surface area contributed by atoms with Crippen LogP contribution in [0.15, 0.2) is 39.5 Å². The van der Waals surface area contributed by atoms with Crippen LogP contribution in [0.3, 0.4) is 0 Å². The molecule has 0 unspecified atom stereocenters. The molecule has 4 nitrogen and oxygen atoms in total. The lowest BCUT2D eigenvalue weighted by Gasteiger charge is -1.95. The van der Waals surface area contributed by atoms with Gasteiger partial charge >= 0.3 is 0 Å². The number of hydrogen-bond donors (Lipinski definition) is 0. The average molecular weight is 319 g/mol. The molecule has 0 amide bonds.